The summed E-state index contributed by atoms with van der Waals surface area (Å²) in [6.45, 7) is 8.94. The number of carbonyl (C=O) groups is 1. The molecule has 2 aromatic rings. The van der Waals surface area contributed by atoms with Gasteiger partial charge < -0.3 is 10.1 Å². The molecule has 0 unspecified atom stereocenters. The summed E-state index contributed by atoms with van der Waals surface area (Å²) in [6.07, 6.45) is 0.952. The molecule has 24 heavy (non-hydrogen) atoms. The van der Waals surface area contributed by atoms with Crippen molar-refractivity contribution in [2.45, 2.75) is 34.1 Å². The third kappa shape index (κ3) is 4.84. The first-order valence-electron chi connectivity index (χ1n) is 8.18. The van der Waals surface area contributed by atoms with Crippen LogP contribution in [0.5, 0.6) is 5.75 Å². The average molecular weight is 390 g/mol. The van der Waals surface area contributed by atoms with Crippen molar-refractivity contribution in [2.75, 3.05) is 11.9 Å². The SMILES string of the molecule is Cc1cccc(NC(=O)c2cc(Br)ccc2OCCC(C)C)c1C. The molecule has 0 aliphatic heterocycles. The van der Waals surface area contributed by atoms with Crippen LogP contribution in [-0.2, 0) is 0 Å². The highest BCUT2D eigenvalue weighted by Gasteiger charge is 2.15. The van der Waals surface area contributed by atoms with E-state index in [1.807, 2.05) is 44.2 Å². The van der Waals surface area contributed by atoms with Crippen LogP contribution >= 0.6 is 15.9 Å². The van der Waals surface area contributed by atoms with Crippen molar-refractivity contribution in [2.24, 2.45) is 5.92 Å². The van der Waals surface area contributed by atoms with Crippen molar-refractivity contribution in [3.63, 3.8) is 0 Å². The topological polar surface area (TPSA) is 38.3 Å². The second-order valence-corrected chi connectivity index (χ2v) is 7.29. The van der Waals surface area contributed by atoms with Gasteiger partial charge in [-0.25, -0.2) is 0 Å². The van der Waals surface area contributed by atoms with Crippen LogP contribution in [0.15, 0.2) is 40.9 Å². The molecule has 0 aliphatic rings. The van der Waals surface area contributed by atoms with E-state index in [1.165, 1.54) is 0 Å². The smallest absolute Gasteiger partial charge is 0.259 e. The predicted octanol–water partition coefficient (Wildman–Crippen LogP) is 5.74. The Morgan fingerprint density at radius 1 is 1.21 bits per heavy atom. The minimum atomic E-state index is -0.162. The molecule has 0 spiro atoms. The highest BCUT2D eigenvalue weighted by molar-refractivity contribution is 9.10. The zero-order chi connectivity index (χ0) is 17.7. The molecule has 1 N–H and O–H groups in total. The lowest BCUT2D eigenvalue weighted by Gasteiger charge is -2.14. The molecule has 0 atom stereocenters. The quantitative estimate of drug-likeness (QED) is 0.683. The molecule has 1 amide bonds. The molecule has 0 radical (unpaired) electrons. The second-order valence-electron chi connectivity index (χ2n) is 6.37. The lowest BCUT2D eigenvalue weighted by atomic mass is 10.1. The number of aryl methyl sites for hydroxylation is 1. The van der Waals surface area contributed by atoms with Gasteiger partial charge in [-0.2, -0.15) is 0 Å². The van der Waals surface area contributed by atoms with Crippen LogP contribution in [0.4, 0.5) is 5.69 Å². The van der Waals surface area contributed by atoms with Crippen molar-refractivity contribution in [3.05, 3.63) is 57.6 Å². The summed E-state index contributed by atoms with van der Waals surface area (Å²) in [6, 6.07) is 11.4. The fourth-order valence-electron chi connectivity index (χ4n) is 2.29. The fourth-order valence-corrected chi connectivity index (χ4v) is 2.65. The molecule has 0 heterocycles. The monoisotopic (exact) mass is 389 g/mol. The molecule has 0 fully saturated rings. The van der Waals surface area contributed by atoms with Gasteiger partial charge in [0.05, 0.1) is 12.2 Å². The second kappa shape index (κ2) is 8.34. The third-order valence-electron chi connectivity index (χ3n) is 3.99. The summed E-state index contributed by atoms with van der Waals surface area (Å²) in [4.78, 5) is 12.7. The first kappa shape index (κ1) is 18.5. The number of ether oxygens (including phenoxy) is 1. The van der Waals surface area contributed by atoms with E-state index >= 15 is 0 Å². The van der Waals surface area contributed by atoms with Gasteiger partial charge in [-0.3, -0.25) is 4.79 Å². The van der Waals surface area contributed by atoms with E-state index in [4.69, 9.17) is 4.74 Å². The number of hydrogen-bond acceptors (Lipinski definition) is 2. The average Bonchev–Trinajstić information content (AvgIpc) is 2.52. The van der Waals surface area contributed by atoms with Gasteiger partial charge in [0.1, 0.15) is 5.75 Å². The number of benzene rings is 2. The fraction of sp³-hybridized carbons (Fsp3) is 0.350. The van der Waals surface area contributed by atoms with Crippen LogP contribution in [0.25, 0.3) is 0 Å². The number of nitrogens with one attached hydrogen (secondary N) is 1. The van der Waals surface area contributed by atoms with Gasteiger partial charge in [-0.05, 0) is 61.6 Å². The van der Waals surface area contributed by atoms with Gasteiger partial charge in [-0.1, -0.05) is 41.9 Å². The van der Waals surface area contributed by atoms with Crippen LogP contribution in [0, 0.1) is 19.8 Å². The van der Waals surface area contributed by atoms with Crippen molar-refractivity contribution in [1.82, 2.24) is 0 Å². The molecule has 128 valence electrons. The largest absolute Gasteiger partial charge is 0.493 e. The standard InChI is InChI=1S/C20H24BrNO2/c1-13(2)10-11-24-19-9-8-16(21)12-17(19)20(23)22-18-7-5-6-14(3)15(18)4/h5-9,12-13H,10-11H2,1-4H3,(H,22,23). The summed E-state index contributed by atoms with van der Waals surface area (Å²) < 4.78 is 6.69. The maximum atomic E-state index is 12.7. The van der Waals surface area contributed by atoms with Crippen LogP contribution in [0.3, 0.4) is 0 Å². The van der Waals surface area contributed by atoms with E-state index < -0.39 is 0 Å². The van der Waals surface area contributed by atoms with Gasteiger partial charge >= 0.3 is 0 Å². The van der Waals surface area contributed by atoms with Gasteiger partial charge in [0.2, 0.25) is 0 Å². The predicted molar refractivity (Wildman–Crippen MR) is 103 cm³/mol. The van der Waals surface area contributed by atoms with E-state index in [2.05, 4.69) is 35.1 Å². The molecule has 0 saturated heterocycles. The Morgan fingerprint density at radius 3 is 2.67 bits per heavy atom. The summed E-state index contributed by atoms with van der Waals surface area (Å²) in [5.41, 5.74) is 3.58. The molecule has 2 rings (SSSR count). The van der Waals surface area contributed by atoms with Gasteiger partial charge in [0, 0.05) is 10.2 Å². The van der Waals surface area contributed by atoms with Gasteiger partial charge in [-0.15, -0.1) is 0 Å². The Bertz CT molecular complexity index is 726. The minimum absolute atomic E-state index is 0.162. The van der Waals surface area contributed by atoms with E-state index in [1.54, 1.807) is 6.07 Å². The van der Waals surface area contributed by atoms with E-state index in [-0.39, 0.29) is 5.91 Å². The molecule has 4 heteroatoms. The van der Waals surface area contributed by atoms with Crippen molar-refractivity contribution in [1.29, 1.82) is 0 Å². The minimum Gasteiger partial charge on any atom is -0.493 e. The number of halogens is 1. The molecule has 0 aliphatic carbocycles. The molecular weight excluding hydrogens is 366 g/mol. The Balaban J connectivity index is 2.21. The van der Waals surface area contributed by atoms with Crippen molar-refractivity contribution >= 4 is 27.5 Å². The van der Waals surface area contributed by atoms with E-state index in [9.17, 15) is 4.79 Å². The zero-order valence-corrected chi connectivity index (χ0v) is 16.2. The highest BCUT2D eigenvalue weighted by atomic mass is 79.9. The summed E-state index contributed by atoms with van der Waals surface area (Å²) in [5.74, 6) is 1.01. The Morgan fingerprint density at radius 2 is 1.96 bits per heavy atom. The highest BCUT2D eigenvalue weighted by Crippen LogP contribution is 2.26. The van der Waals surface area contributed by atoms with E-state index in [0.29, 0.717) is 23.8 Å². The van der Waals surface area contributed by atoms with Crippen LogP contribution in [-0.4, -0.2) is 12.5 Å². The van der Waals surface area contributed by atoms with E-state index in [0.717, 1.165) is 27.7 Å². The van der Waals surface area contributed by atoms with Crippen LogP contribution < -0.4 is 10.1 Å². The van der Waals surface area contributed by atoms with Gasteiger partial charge in [0.25, 0.3) is 5.91 Å². The number of amides is 1. The van der Waals surface area contributed by atoms with Crippen LogP contribution in [0.2, 0.25) is 0 Å². The Kier molecular flexibility index (Phi) is 6.44. The molecule has 0 bridgehead atoms. The van der Waals surface area contributed by atoms with Crippen molar-refractivity contribution in [3.8, 4) is 5.75 Å². The van der Waals surface area contributed by atoms with Crippen LogP contribution in [0.1, 0.15) is 41.8 Å². The maximum Gasteiger partial charge on any atom is 0.259 e. The van der Waals surface area contributed by atoms with Crippen molar-refractivity contribution < 1.29 is 9.53 Å². The normalized spacial score (nSPS) is 10.8. The molecule has 3 nitrogen and oxygen atoms in total. The van der Waals surface area contributed by atoms with Gasteiger partial charge in [0.15, 0.2) is 0 Å². The third-order valence-corrected chi connectivity index (χ3v) is 4.49. The number of anilines is 1. The molecule has 2 aromatic carbocycles. The first-order valence-corrected chi connectivity index (χ1v) is 8.97. The molecule has 0 saturated carbocycles. The summed E-state index contributed by atoms with van der Waals surface area (Å²) >= 11 is 3.43. The maximum absolute atomic E-state index is 12.7. The first-order chi connectivity index (χ1) is 11.4. The Hall–Kier alpha value is -1.81. The number of carbonyl (C=O) groups excluding carboxylic acids is 1. The number of hydrogen-bond donors (Lipinski definition) is 1. The lowest BCUT2D eigenvalue weighted by molar-refractivity contribution is 0.102. The lowest BCUT2D eigenvalue weighted by Crippen LogP contribution is -2.15. The zero-order valence-electron chi connectivity index (χ0n) is 14.7. The molecule has 0 aromatic heterocycles. The summed E-state index contributed by atoms with van der Waals surface area (Å²) in [7, 11) is 0. The number of rotatable bonds is 6. The molecular formula is C20H24BrNO2. The Labute approximate surface area is 152 Å². The summed E-state index contributed by atoms with van der Waals surface area (Å²) in [5, 5.41) is 2.99.